The van der Waals surface area contributed by atoms with E-state index in [1.807, 2.05) is 23.9 Å². The SMILES string of the molecule is CC1CSCCN(c2ccnc(Cl)c2)C1. The van der Waals surface area contributed by atoms with Crippen LogP contribution in [0.1, 0.15) is 6.92 Å². The Morgan fingerprint density at radius 2 is 2.47 bits per heavy atom. The molecule has 1 fully saturated rings. The van der Waals surface area contributed by atoms with Crippen LogP contribution in [0.2, 0.25) is 5.15 Å². The van der Waals surface area contributed by atoms with E-state index in [0.717, 1.165) is 19.0 Å². The lowest BCUT2D eigenvalue weighted by molar-refractivity contribution is 0.639. The molecule has 2 nitrogen and oxygen atoms in total. The van der Waals surface area contributed by atoms with Crippen molar-refractivity contribution in [2.75, 3.05) is 29.5 Å². The molecule has 1 saturated heterocycles. The van der Waals surface area contributed by atoms with Gasteiger partial charge in [0.05, 0.1) is 0 Å². The Hall–Kier alpha value is -0.410. The molecule has 0 bridgehead atoms. The molecule has 1 unspecified atom stereocenters. The Bertz CT molecular complexity index is 332. The second-order valence-electron chi connectivity index (χ2n) is 3.96. The summed E-state index contributed by atoms with van der Waals surface area (Å²) in [6, 6.07) is 3.98. The van der Waals surface area contributed by atoms with Gasteiger partial charge in [0.1, 0.15) is 5.15 Å². The van der Waals surface area contributed by atoms with E-state index in [9.17, 15) is 0 Å². The summed E-state index contributed by atoms with van der Waals surface area (Å²) >= 11 is 7.93. The average molecular weight is 243 g/mol. The summed E-state index contributed by atoms with van der Waals surface area (Å²) in [5, 5.41) is 0.581. The zero-order valence-electron chi connectivity index (χ0n) is 8.82. The van der Waals surface area contributed by atoms with Crippen LogP contribution in [0, 0.1) is 5.92 Å². The van der Waals surface area contributed by atoms with Gasteiger partial charge in [-0.15, -0.1) is 0 Å². The summed E-state index contributed by atoms with van der Waals surface area (Å²) in [4.78, 5) is 6.41. The van der Waals surface area contributed by atoms with Crippen molar-refractivity contribution in [3.63, 3.8) is 0 Å². The molecule has 1 aromatic rings. The number of rotatable bonds is 1. The Kier molecular flexibility index (Phi) is 3.76. The maximum absolute atomic E-state index is 5.90. The highest BCUT2D eigenvalue weighted by molar-refractivity contribution is 7.99. The molecule has 4 heteroatoms. The second-order valence-corrected chi connectivity index (χ2v) is 5.50. The van der Waals surface area contributed by atoms with Crippen LogP contribution in [-0.2, 0) is 0 Å². The summed E-state index contributed by atoms with van der Waals surface area (Å²) in [5.41, 5.74) is 1.20. The van der Waals surface area contributed by atoms with Gasteiger partial charge in [-0.25, -0.2) is 4.98 Å². The zero-order chi connectivity index (χ0) is 10.7. The van der Waals surface area contributed by atoms with Crippen LogP contribution >= 0.6 is 23.4 Å². The van der Waals surface area contributed by atoms with E-state index in [0.29, 0.717) is 5.15 Å². The van der Waals surface area contributed by atoms with E-state index in [1.54, 1.807) is 6.20 Å². The van der Waals surface area contributed by atoms with Crippen LogP contribution in [0.3, 0.4) is 0 Å². The first-order chi connectivity index (χ1) is 7.25. The first-order valence-corrected chi connectivity index (χ1v) is 6.73. The van der Waals surface area contributed by atoms with Crippen molar-refractivity contribution in [2.24, 2.45) is 5.92 Å². The summed E-state index contributed by atoms with van der Waals surface area (Å²) in [6.45, 7) is 4.52. The molecular weight excluding hydrogens is 228 g/mol. The fraction of sp³-hybridized carbons (Fsp3) is 0.545. The highest BCUT2D eigenvalue weighted by atomic mass is 35.5. The Morgan fingerprint density at radius 1 is 1.60 bits per heavy atom. The van der Waals surface area contributed by atoms with Crippen molar-refractivity contribution < 1.29 is 0 Å². The maximum Gasteiger partial charge on any atom is 0.131 e. The minimum Gasteiger partial charge on any atom is -0.370 e. The van der Waals surface area contributed by atoms with Crippen molar-refractivity contribution in [3.05, 3.63) is 23.5 Å². The summed E-state index contributed by atoms with van der Waals surface area (Å²) in [7, 11) is 0. The van der Waals surface area contributed by atoms with Gasteiger partial charge in [0, 0.05) is 30.7 Å². The molecule has 0 aromatic carbocycles. The van der Waals surface area contributed by atoms with Crippen LogP contribution in [0.5, 0.6) is 0 Å². The summed E-state index contributed by atoms with van der Waals surface area (Å²) < 4.78 is 0. The molecule has 15 heavy (non-hydrogen) atoms. The fourth-order valence-electron chi connectivity index (χ4n) is 1.80. The lowest BCUT2D eigenvalue weighted by Crippen LogP contribution is -2.28. The molecular formula is C11H15ClN2S. The van der Waals surface area contributed by atoms with Crippen LogP contribution in [0.4, 0.5) is 5.69 Å². The Labute approximate surface area is 100 Å². The van der Waals surface area contributed by atoms with Gasteiger partial charge in [-0.05, 0) is 23.8 Å². The quantitative estimate of drug-likeness (QED) is 0.705. The molecule has 2 heterocycles. The standard InChI is InChI=1S/C11H15ClN2S/c1-9-7-14(4-5-15-8-9)10-2-3-13-11(12)6-10/h2-3,6,9H,4-5,7-8H2,1H3. The second kappa shape index (κ2) is 5.08. The number of halogens is 1. The van der Waals surface area contributed by atoms with Gasteiger partial charge in [-0.3, -0.25) is 0 Å². The van der Waals surface area contributed by atoms with Crippen LogP contribution < -0.4 is 4.90 Å². The smallest absolute Gasteiger partial charge is 0.131 e. The van der Waals surface area contributed by atoms with Crippen LogP contribution in [0.25, 0.3) is 0 Å². The minimum absolute atomic E-state index is 0.581. The number of aromatic nitrogens is 1. The average Bonchev–Trinajstić information content (AvgIpc) is 2.43. The molecule has 0 aliphatic carbocycles. The summed E-state index contributed by atoms with van der Waals surface area (Å²) in [6.07, 6.45) is 1.78. The molecule has 0 radical (unpaired) electrons. The molecule has 0 saturated carbocycles. The van der Waals surface area contributed by atoms with Crippen molar-refractivity contribution in [2.45, 2.75) is 6.92 Å². The first-order valence-electron chi connectivity index (χ1n) is 5.20. The monoisotopic (exact) mass is 242 g/mol. The van der Waals surface area contributed by atoms with Gasteiger partial charge in [0.2, 0.25) is 0 Å². The van der Waals surface area contributed by atoms with Crippen LogP contribution in [0.15, 0.2) is 18.3 Å². The molecule has 1 atom stereocenters. The predicted octanol–water partition coefficient (Wildman–Crippen LogP) is 2.92. The van der Waals surface area contributed by atoms with E-state index in [-0.39, 0.29) is 0 Å². The topological polar surface area (TPSA) is 16.1 Å². The lowest BCUT2D eigenvalue weighted by atomic mass is 10.2. The first kappa shape index (κ1) is 11.1. The normalized spacial score (nSPS) is 22.5. The van der Waals surface area contributed by atoms with Gasteiger partial charge in [-0.2, -0.15) is 11.8 Å². The number of thioether (sulfide) groups is 1. The largest absolute Gasteiger partial charge is 0.370 e. The van der Waals surface area contributed by atoms with Gasteiger partial charge in [0.25, 0.3) is 0 Å². The van der Waals surface area contributed by atoms with Crippen molar-refractivity contribution >= 4 is 29.1 Å². The van der Waals surface area contributed by atoms with E-state index in [4.69, 9.17) is 11.6 Å². The predicted molar refractivity (Wildman–Crippen MR) is 67.9 cm³/mol. The number of hydrogen-bond donors (Lipinski definition) is 0. The van der Waals surface area contributed by atoms with E-state index < -0.39 is 0 Å². The summed E-state index contributed by atoms with van der Waals surface area (Å²) in [5.74, 6) is 3.20. The maximum atomic E-state index is 5.90. The van der Waals surface area contributed by atoms with E-state index >= 15 is 0 Å². The third kappa shape index (κ3) is 3.02. The Balaban J connectivity index is 2.14. The molecule has 0 N–H and O–H groups in total. The number of anilines is 1. The zero-order valence-corrected chi connectivity index (χ0v) is 10.4. The van der Waals surface area contributed by atoms with Gasteiger partial charge in [-0.1, -0.05) is 18.5 Å². The number of hydrogen-bond acceptors (Lipinski definition) is 3. The van der Waals surface area contributed by atoms with Crippen molar-refractivity contribution in [3.8, 4) is 0 Å². The van der Waals surface area contributed by atoms with Crippen molar-refractivity contribution in [1.82, 2.24) is 4.98 Å². The Morgan fingerprint density at radius 3 is 3.27 bits per heavy atom. The molecule has 2 rings (SSSR count). The fourth-order valence-corrected chi connectivity index (χ4v) is 2.99. The molecule has 1 aromatic heterocycles. The third-order valence-electron chi connectivity index (χ3n) is 2.52. The molecule has 1 aliphatic rings. The number of nitrogens with zero attached hydrogens (tertiary/aromatic N) is 2. The highest BCUT2D eigenvalue weighted by Gasteiger charge is 2.15. The molecule has 0 spiro atoms. The minimum atomic E-state index is 0.581. The van der Waals surface area contributed by atoms with Gasteiger partial charge >= 0.3 is 0 Å². The third-order valence-corrected chi connectivity index (χ3v) is 4.00. The molecule has 1 aliphatic heterocycles. The molecule has 0 amide bonds. The van der Waals surface area contributed by atoms with Gasteiger partial charge < -0.3 is 4.90 Å². The van der Waals surface area contributed by atoms with Gasteiger partial charge in [0.15, 0.2) is 0 Å². The lowest BCUT2D eigenvalue weighted by Gasteiger charge is -2.24. The molecule has 82 valence electrons. The van der Waals surface area contributed by atoms with Crippen LogP contribution in [-0.4, -0.2) is 29.6 Å². The van der Waals surface area contributed by atoms with Crippen molar-refractivity contribution in [1.29, 1.82) is 0 Å². The van der Waals surface area contributed by atoms with E-state index in [2.05, 4.69) is 16.8 Å². The number of pyridine rings is 1. The van der Waals surface area contributed by atoms with E-state index in [1.165, 1.54) is 17.2 Å². The highest BCUT2D eigenvalue weighted by Crippen LogP contribution is 2.22.